The number of unbranched alkanes of at least 4 members (excludes halogenated alkanes) is 18. The average molecular weight is 531 g/mol. The Kier molecular flexibility index (Phi) is 23.8. The maximum atomic E-state index is 12.7. The van der Waals surface area contributed by atoms with Crippen LogP contribution >= 0.6 is 7.60 Å². The molecule has 0 aromatic carbocycles. The van der Waals surface area contributed by atoms with Gasteiger partial charge in [0, 0.05) is 6.42 Å². The number of hydrogen-bond acceptors (Lipinski definition) is 2. The fraction of sp³-hybridized carbons (Fsp3) is 0.935. The van der Waals surface area contributed by atoms with Crippen LogP contribution in [0.1, 0.15) is 155 Å². The van der Waals surface area contributed by atoms with Gasteiger partial charge in [-0.05, 0) is 38.5 Å². The highest BCUT2D eigenvalue weighted by Gasteiger charge is 2.41. The molecule has 0 spiro atoms. The summed E-state index contributed by atoms with van der Waals surface area (Å²) in [6.45, 7) is 4.73. The largest absolute Gasteiger partial charge is 0.385 e. The highest BCUT2D eigenvalue weighted by Crippen LogP contribution is 2.51. The summed E-state index contributed by atoms with van der Waals surface area (Å²) in [5.41, 5.74) is 0. The van der Waals surface area contributed by atoms with Crippen molar-refractivity contribution < 1.29 is 18.5 Å². The van der Waals surface area contributed by atoms with Crippen LogP contribution in [0.2, 0.25) is 0 Å². The van der Waals surface area contributed by atoms with Gasteiger partial charge in [-0.25, -0.2) is 0 Å². The molecule has 0 saturated carbocycles. The van der Waals surface area contributed by atoms with Gasteiger partial charge < -0.3 is 13.9 Å². The molecule has 0 bridgehead atoms. The second-order valence-corrected chi connectivity index (χ2v) is 13.8. The van der Waals surface area contributed by atoms with Crippen LogP contribution in [0.3, 0.4) is 0 Å². The summed E-state index contributed by atoms with van der Waals surface area (Å²) >= 11 is 0. The molecule has 5 heteroatoms. The van der Waals surface area contributed by atoms with Crippen LogP contribution in [0.4, 0.5) is 0 Å². The molecule has 36 heavy (non-hydrogen) atoms. The van der Waals surface area contributed by atoms with Gasteiger partial charge in [0.25, 0.3) is 0 Å². The second kappa shape index (κ2) is 23.9. The van der Waals surface area contributed by atoms with Crippen molar-refractivity contribution in [3.63, 3.8) is 0 Å². The Hall–Kier alpha value is -0.150. The van der Waals surface area contributed by atoms with Crippen LogP contribution in [0.25, 0.3) is 0 Å². The smallest absolute Gasteiger partial charge is 0.320 e. The molecule has 1 N–H and O–H groups in total. The Bertz CT molecular complexity index is 544. The molecular formula is C31H65NO3P+. The van der Waals surface area contributed by atoms with E-state index in [1.165, 1.54) is 116 Å². The quantitative estimate of drug-likeness (QED) is 0.0497. The molecule has 0 heterocycles. The van der Waals surface area contributed by atoms with Crippen molar-refractivity contribution in [3.05, 3.63) is 12.2 Å². The van der Waals surface area contributed by atoms with E-state index in [2.05, 4.69) is 26.0 Å². The zero-order valence-corrected chi connectivity index (χ0v) is 26.0. The number of rotatable bonds is 27. The van der Waals surface area contributed by atoms with E-state index in [4.69, 9.17) is 4.52 Å². The van der Waals surface area contributed by atoms with Crippen molar-refractivity contribution in [2.45, 2.75) is 161 Å². The molecule has 4 nitrogen and oxygen atoms in total. The molecule has 0 amide bonds. The summed E-state index contributed by atoms with van der Waals surface area (Å²) in [4.78, 5) is 10.4. The highest BCUT2D eigenvalue weighted by atomic mass is 31.2. The first-order chi connectivity index (χ1) is 17.3. The van der Waals surface area contributed by atoms with Gasteiger partial charge in [0.2, 0.25) is 0 Å². The van der Waals surface area contributed by atoms with E-state index in [0.717, 1.165) is 19.3 Å². The lowest BCUT2D eigenvalue weighted by Gasteiger charge is -2.35. The predicted octanol–water partition coefficient (Wildman–Crippen LogP) is 10.4. The van der Waals surface area contributed by atoms with Crippen molar-refractivity contribution in [1.82, 2.24) is 0 Å². The van der Waals surface area contributed by atoms with Gasteiger partial charge in [-0.15, -0.1) is 0 Å². The van der Waals surface area contributed by atoms with Crippen molar-refractivity contribution in [3.8, 4) is 0 Å². The average Bonchev–Trinajstić information content (AvgIpc) is 2.82. The summed E-state index contributed by atoms with van der Waals surface area (Å²) in [6, 6.07) is 0. The zero-order chi connectivity index (χ0) is 27.0. The molecule has 0 saturated heterocycles. The molecule has 2 atom stereocenters. The molecule has 0 fully saturated rings. The molecule has 0 aromatic heterocycles. The van der Waals surface area contributed by atoms with Gasteiger partial charge in [-0.2, -0.15) is 0 Å². The lowest BCUT2D eigenvalue weighted by Crippen LogP contribution is -2.45. The number of nitrogens with zero attached hydrogens (tertiary/aromatic N) is 1. The molecule has 0 radical (unpaired) electrons. The maximum absolute atomic E-state index is 12.7. The van der Waals surface area contributed by atoms with Gasteiger partial charge in [0.15, 0.2) is 5.78 Å². The lowest BCUT2D eigenvalue weighted by atomic mass is 10.0. The monoisotopic (exact) mass is 530 g/mol. The third-order valence-electron chi connectivity index (χ3n) is 7.25. The van der Waals surface area contributed by atoms with E-state index >= 15 is 0 Å². The predicted molar refractivity (Wildman–Crippen MR) is 160 cm³/mol. The first kappa shape index (κ1) is 35.9. The maximum Gasteiger partial charge on any atom is 0.385 e. The van der Waals surface area contributed by atoms with Crippen molar-refractivity contribution in [2.24, 2.45) is 0 Å². The Morgan fingerprint density at radius 3 is 1.42 bits per heavy atom. The standard InChI is InChI=1S/C31H64NO3P/c1-6-8-9-10-11-12-13-14-15-16-17-18-19-20-21-22-23-24-25-26-27-28-30-35-36(33,34)31(29-7-2)32(3,4)5/h11-12,31H,6-10,13-30H2,1-5H3/p+1. The summed E-state index contributed by atoms with van der Waals surface area (Å²) in [5.74, 6) is -0.333. The van der Waals surface area contributed by atoms with Gasteiger partial charge in [-0.1, -0.05) is 122 Å². The van der Waals surface area contributed by atoms with Crippen LogP contribution in [-0.2, 0) is 9.09 Å². The van der Waals surface area contributed by atoms with E-state index in [1.54, 1.807) is 0 Å². The van der Waals surface area contributed by atoms with Crippen molar-refractivity contribution >= 4 is 7.60 Å². The normalized spacial score (nSPS) is 14.9. The fourth-order valence-corrected chi connectivity index (χ4v) is 6.96. The Balaban J connectivity index is 3.42. The SMILES string of the molecule is CCCCCC=CCCCCCCCCCCCCCCCCCOP(=O)(O)C(CCC)[N+](C)(C)C. The van der Waals surface area contributed by atoms with E-state index in [-0.39, 0.29) is 5.78 Å². The topological polar surface area (TPSA) is 46.5 Å². The second-order valence-electron chi connectivity index (χ2n) is 11.8. The third-order valence-corrected chi connectivity index (χ3v) is 9.51. The van der Waals surface area contributed by atoms with Crippen molar-refractivity contribution in [2.75, 3.05) is 27.7 Å². The van der Waals surface area contributed by atoms with Gasteiger partial charge in [0.1, 0.15) is 0 Å². The van der Waals surface area contributed by atoms with Crippen LogP contribution < -0.4 is 0 Å². The third kappa shape index (κ3) is 21.9. The Morgan fingerprint density at radius 2 is 1.03 bits per heavy atom. The van der Waals surface area contributed by atoms with Crippen LogP contribution in [0, 0.1) is 0 Å². The summed E-state index contributed by atoms with van der Waals surface area (Å²) in [6.07, 6.45) is 32.8. The molecule has 216 valence electrons. The van der Waals surface area contributed by atoms with Crippen LogP contribution in [0.15, 0.2) is 12.2 Å². The molecule has 0 aliphatic carbocycles. The molecule has 2 unspecified atom stereocenters. The van der Waals surface area contributed by atoms with E-state index in [9.17, 15) is 9.46 Å². The molecule has 0 aliphatic rings. The highest BCUT2D eigenvalue weighted by molar-refractivity contribution is 7.53. The van der Waals surface area contributed by atoms with E-state index in [0.29, 0.717) is 17.5 Å². The first-order valence-corrected chi connectivity index (χ1v) is 17.3. The summed E-state index contributed by atoms with van der Waals surface area (Å²) in [5, 5.41) is 0. The molecule has 0 aliphatic heterocycles. The Morgan fingerprint density at radius 1 is 0.639 bits per heavy atom. The summed E-state index contributed by atoms with van der Waals surface area (Å²) < 4.78 is 18.7. The first-order valence-electron chi connectivity index (χ1n) is 15.7. The van der Waals surface area contributed by atoms with Gasteiger partial charge in [0.05, 0.1) is 27.7 Å². The molecular weight excluding hydrogens is 465 g/mol. The minimum atomic E-state index is -3.57. The fourth-order valence-electron chi connectivity index (χ4n) is 4.94. The summed E-state index contributed by atoms with van der Waals surface area (Å²) in [7, 11) is 2.36. The van der Waals surface area contributed by atoms with Gasteiger partial charge >= 0.3 is 7.60 Å². The van der Waals surface area contributed by atoms with E-state index in [1.807, 2.05) is 21.1 Å². The number of hydrogen-bond donors (Lipinski definition) is 1. The lowest BCUT2D eigenvalue weighted by molar-refractivity contribution is -0.883. The minimum Gasteiger partial charge on any atom is -0.320 e. The Labute approximate surface area is 226 Å². The van der Waals surface area contributed by atoms with E-state index < -0.39 is 7.60 Å². The van der Waals surface area contributed by atoms with Crippen LogP contribution in [0.5, 0.6) is 0 Å². The molecule has 0 rings (SSSR count). The van der Waals surface area contributed by atoms with Crippen LogP contribution in [-0.4, -0.2) is 42.9 Å². The van der Waals surface area contributed by atoms with Gasteiger partial charge in [-0.3, -0.25) is 4.57 Å². The van der Waals surface area contributed by atoms with Crippen molar-refractivity contribution in [1.29, 1.82) is 0 Å². The number of allylic oxidation sites excluding steroid dienone is 2. The molecule has 0 aromatic rings. The zero-order valence-electron chi connectivity index (χ0n) is 25.2. The number of quaternary nitrogens is 1. The minimum absolute atomic E-state index is 0.333.